The number of carbonyl (C=O) groups excluding carboxylic acids is 3. The SMILES string of the molecule is C#CC[C@@H](NC(=O)[C@@H](Cc1ccc(F)cc1)NC(C)=O)C(N)=O. The first-order valence-electron chi connectivity index (χ1n) is 6.88. The zero-order chi connectivity index (χ0) is 17.4. The average Bonchev–Trinajstić information content (AvgIpc) is 2.47. The molecule has 0 saturated heterocycles. The van der Waals surface area contributed by atoms with E-state index in [4.69, 9.17) is 12.2 Å². The van der Waals surface area contributed by atoms with E-state index in [0.717, 1.165) is 0 Å². The Hall–Kier alpha value is -2.88. The minimum Gasteiger partial charge on any atom is -0.368 e. The first kappa shape index (κ1) is 18.2. The van der Waals surface area contributed by atoms with Gasteiger partial charge in [-0.2, -0.15) is 0 Å². The van der Waals surface area contributed by atoms with Crippen LogP contribution in [0.15, 0.2) is 24.3 Å². The molecule has 2 atom stereocenters. The molecule has 0 saturated carbocycles. The second-order valence-electron chi connectivity index (χ2n) is 4.96. The van der Waals surface area contributed by atoms with Crippen molar-refractivity contribution in [3.8, 4) is 12.3 Å². The fourth-order valence-corrected chi connectivity index (χ4v) is 1.92. The van der Waals surface area contributed by atoms with E-state index in [-0.39, 0.29) is 12.8 Å². The number of benzene rings is 1. The monoisotopic (exact) mass is 319 g/mol. The van der Waals surface area contributed by atoms with Crippen molar-refractivity contribution >= 4 is 17.7 Å². The molecule has 0 aromatic heterocycles. The number of amides is 3. The predicted molar refractivity (Wildman–Crippen MR) is 82.3 cm³/mol. The van der Waals surface area contributed by atoms with E-state index in [0.29, 0.717) is 5.56 Å². The lowest BCUT2D eigenvalue weighted by Gasteiger charge is -2.20. The van der Waals surface area contributed by atoms with Crippen LogP contribution < -0.4 is 16.4 Å². The van der Waals surface area contributed by atoms with Crippen molar-refractivity contribution < 1.29 is 18.8 Å². The van der Waals surface area contributed by atoms with Gasteiger partial charge in [0, 0.05) is 19.8 Å². The maximum absolute atomic E-state index is 12.9. The number of terminal acetylenes is 1. The Bertz CT molecular complexity index is 622. The molecule has 0 aliphatic heterocycles. The Balaban J connectivity index is 2.85. The van der Waals surface area contributed by atoms with Crippen LogP contribution >= 0.6 is 0 Å². The standard InChI is InChI=1S/C16H18FN3O3/c1-3-4-13(15(18)22)20-16(23)14(19-10(2)21)9-11-5-7-12(17)8-6-11/h1,5-8,13-14H,4,9H2,2H3,(H2,18,22)(H,19,21)(H,20,23)/t13-,14-/m1/s1. The van der Waals surface area contributed by atoms with Crippen LogP contribution in [-0.4, -0.2) is 29.8 Å². The second kappa shape index (κ2) is 8.54. The third-order valence-corrected chi connectivity index (χ3v) is 3.03. The van der Waals surface area contributed by atoms with Crippen molar-refractivity contribution in [2.75, 3.05) is 0 Å². The Labute approximate surface area is 133 Å². The van der Waals surface area contributed by atoms with E-state index < -0.39 is 35.6 Å². The Kier molecular flexibility index (Phi) is 6.74. The van der Waals surface area contributed by atoms with Crippen molar-refractivity contribution in [3.63, 3.8) is 0 Å². The van der Waals surface area contributed by atoms with E-state index >= 15 is 0 Å². The first-order valence-corrected chi connectivity index (χ1v) is 6.88. The molecule has 0 spiro atoms. The minimum atomic E-state index is -1.02. The smallest absolute Gasteiger partial charge is 0.243 e. The number of halogens is 1. The summed E-state index contributed by atoms with van der Waals surface area (Å²) in [5, 5.41) is 4.89. The number of carbonyl (C=O) groups is 3. The highest BCUT2D eigenvalue weighted by molar-refractivity contribution is 5.91. The molecule has 6 nitrogen and oxygen atoms in total. The summed E-state index contributed by atoms with van der Waals surface area (Å²) in [7, 11) is 0. The second-order valence-corrected chi connectivity index (χ2v) is 4.96. The van der Waals surface area contributed by atoms with Gasteiger partial charge in [-0.3, -0.25) is 14.4 Å². The molecule has 4 N–H and O–H groups in total. The average molecular weight is 319 g/mol. The number of hydrogen-bond acceptors (Lipinski definition) is 3. The quantitative estimate of drug-likeness (QED) is 0.610. The molecule has 1 rings (SSSR count). The molecule has 0 aliphatic rings. The summed E-state index contributed by atoms with van der Waals surface area (Å²) in [6, 6.07) is 3.56. The highest BCUT2D eigenvalue weighted by atomic mass is 19.1. The summed E-state index contributed by atoms with van der Waals surface area (Å²) in [6.45, 7) is 1.26. The van der Waals surface area contributed by atoms with Crippen LogP contribution in [0.2, 0.25) is 0 Å². The number of primary amides is 1. The summed E-state index contributed by atoms with van der Waals surface area (Å²) in [4.78, 5) is 34.8. The van der Waals surface area contributed by atoms with Crippen LogP contribution in [0.4, 0.5) is 4.39 Å². The molecule has 0 radical (unpaired) electrons. The van der Waals surface area contributed by atoms with Crippen molar-refractivity contribution in [1.29, 1.82) is 0 Å². The third-order valence-electron chi connectivity index (χ3n) is 3.03. The highest BCUT2D eigenvalue weighted by Gasteiger charge is 2.24. The maximum Gasteiger partial charge on any atom is 0.243 e. The van der Waals surface area contributed by atoms with Crippen molar-refractivity contribution in [1.82, 2.24) is 10.6 Å². The molecule has 0 fully saturated rings. The van der Waals surface area contributed by atoms with Gasteiger partial charge in [0.25, 0.3) is 0 Å². The third kappa shape index (κ3) is 6.18. The molecule has 1 aromatic rings. The highest BCUT2D eigenvalue weighted by Crippen LogP contribution is 2.07. The summed E-state index contributed by atoms with van der Waals surface area (Å²) < 4.78 is 12.9. The molecule has 0 aliphatic carbocycles. The summed E-state index contributed by atoms with van der Waals surface area (Å²) in [5.41, 5.74) is 5.81. The lowest BCUT2D eigenvalue weighted by molar-refractivity contribution is -0.130. The molecule has 7 heteroatoms. The maximum atomic E-state index is 12.9. The van der Waals surface area contributed by atoms with Gasteiger partial charge in [0.05, 0.1) is 0 Å². The molecule has 0 unspecified atom stereocenters. The Morgan fingerprint density at radius 3 is 2.30 bits per heavy atom. The van der Waals surface area contributed by atoms with Crippen LogP contribution in [0.1, 0.15) is 18.9 Å². The van der Waals surface area contributed by atoms with Gasteiger partial charge < -0.3 is 16.4 Å². The number of rotatable bonds is 7. The van der Waals surface area contributed by atoms with E-state index in [1.165, 1.54) is 31.2 Å². The topological polar surface area (TPSA) is 101 Å². The lowest BCUT2D eigenvalue weighted by atomic mass is 10.0. The van der Waals surface area contributed by atoms with E-state index in [9.17, 15) is 18.8 Å². The van der Waals surface area contributed by atoms with Crippen LogP contribution in [0, 0.1) is 18.2 Å². The zero-order valence-corrected chi connectivity index (χ0v) is 12.6. The van der Waals surface area contributed by atoms with Crippen LogP contribution in [0.3, 0.4) is 0 Å². The largest absolute Gasteiger partial charge is 0.368 e. The van der Waals surface area contributed by atoms with Crippen LogP contribution in [-0.2, 0) is 20.8 Å². The van der Waals surface area contributed by atoms with E-state index in [1.807, 2.05) is 0 Å². The predicted octanol–water partition coefficient (Wildman–Crippen LogP) is -0.134. The number of hydrogen-bond donors (Lipinski definition) is 3. The van der Waals surface area contributed by atoms with Crippen LogP contribution in [0.25, 0.3) is 0 Å². The molecule has 23 heavy (non-hydrogen) atoms. The molecule has 0 bridgehead atoms. The van der Waals surface area contributed by atoms with Gasteiger partial charge in [-0.15, -0.1) is 12.3 Å². The molecule has 3 amide bonds. The van der Waals surface area contributed by atoms with Crippen molar-refractivity contribution in [3.05, 3.63) is 35.6 Å². The minimum absolute atomic E-state index is 0.0512. The van der Waals surface area contributed by atoms with Gasteiger partial charge in [-0.1, -0.05) is 12.1 Å². The van der Waals surface area contributed by atoms with Gasteiger partial charge >= 0.3 is 0 Å². The van der Waals surface area contributed by atoms with Crippen LogP contribution in [0.5, 0.6) is 0 Å². The molecule has 0 heterocycles. The van der Waals surface area contributed by atoms with Gasteiger partial charge in [-0.05, 0) is 17.7 Å². The Morgan fingerprint density at radius 1 is 1.22 bits per heavy atom. The van der Waals surface area contributed by atoms with E-state index in [1.54, 1.807) is 0 Å². The normalized spacial score (nSPS) is 12.6. The van der Waals surface area contributed by atoms with E-state index in [2.05, 4.69) is 16.6 Å². The van der Waals surface area contributed by atoms with Gasteiger partial charge in [0.2, 0.25) is 17.7 Å². The lowest BCUT2D eigenvalue weighted by Crippen LogP contribution is -2.53. The summed E-state index contributed by atoms with van der Waals surface area (Å²) in [5.74, 6) is 0.0652. The van der Waals surface area contributed by atoms with Gasteiger partial charge in [-0.25, -0.2) is 4.39 Å². The summed E-state index contributed by atoms with van der Waals surface area (Å²) in [6.07, 6.45) is 5.20. The van der Waals surface area contributed by atoms with Gasteiger partial charge in [0.15, 0.2) is 0 Å². The zero-order valence-electron chi connectivity index (χ0n) is 12.6. The Morgan fingerprint density at radius 2 is 1.83 bits per heavy atom. The molecular formula is C16H18FN3O3. The fraction of sp³-hybridized carbons (Fsp3) is 0.312. The van der Waals surface area contributed by atoms with Crippen molar-refractivity contribution in [2.24, 2.45) is 5.73 Å². The molecular weight excluding hydrogens is 301 g/mol. The molecule has 1 aromatic carbocycles. The summed E-state index contributed by atoms with van der Waals surface area (Å²) >= 11 is 0. The van der Waals surface area contributed by atoms with Gasteiger partial charge in [0.1, 0.15) is 17.9 Å². The number of nitrogens with two attached hydrogens (primary N) is 1. The first-order chi connectivity index (χ1) is 10.8. The number of nitrogens with one attached hydrogen (secondary N) is 2. The fourth-order valence-electron chi connectivity index (χ4n) is 1.92. The van der Waals surface area contributed by atoms with Crippen molar-refractivity contribution in [2.45, 2.75) is 31.8 Å². The molecule has 122 valence electrons.